The van der Waals surface area contributed by atoms with Crippen LogP contribution in [0.5, 0.6) is 11.5 Å². The maximum atomic E-state index is 12.6. The summed E-state index contributed by atoms with van der Waals surface area (Å²) in [5.41, 5.74) is 1.90. The van der Waals surface area contributed by atoms with E-state index in [0.717, 1.165) is 11.1 Å². The highest BCUT2D eigenvalue weighted by molar-refractivity contribution is 6.13. The van der Waals surface area contributed by atoms with Crippen LogP contribution >= 0.6 is 0 Å². The van der Waals surface area contributed by atoms with Crippen LogP contribution in [0.4, 0.5) is 5.69 Å². The topological polar surface area (TPSA) is 76.7 Å². The molecule has 0 bridgehead atoms. The number of amides is 2. The molecule has 1 aliphatic rings. The highest BCUT2D eigenvalue weighted by atomic mass is 16.5. The molecule has 6 nitrogen and oxygen atoms in total. The molecule has 0 atom stereocenters. The van der Waals surface area contributed by atoms with Gasteiger partial charge in [-0.25, -0.2) is 0 Å². The van der Waals surface area contributed by atoms with Crippen LogP contribution in [-0.2, 0) is 16.0 Å². The minimum Gasteiger partial charge on any atom is -0.493 e. The Balaban J connectivity index is 1.54. The van der Waals surface area contributed by atoms with Crippen LogP contribution < -0.4 is 20.1 Å². The Bertz CT molecular complexity index is 857. The van der Waals surface area contributed by atoms with Crippen molar-refractivity contribution in [2.24, 2.45) is 5.41 Å². The van der Waals surface area contributed by atoms with Crippen LogP contribution in [0, 0.1) is 12.3 Å². The first-order chi connectivity index (χ1) is 13.5. The molecule has 0 aromatic heterocycles. The van der Waals surface area contributed by atoms with E-state index in [1.807, 2.05) is 49.4 Å². The fourth-order valence-electron chi connectivity index (χ4n) is 3.10. The van der Waals surface area contributed by atoms with Crippen molar-refractivity contribution in [2.45, 2.75) is 26.2 Å². The first-order valence-electron chi connectivity index (χ1n) is 9.36. The van der Waals surface area contributed by atoms with E-state index in [0.29, 0.717) is 43.0 Å². The highest BCUT2D eigenvalue weighted by Crippen LogP contribution is 2.46. The molecule has 0 aliphatic heterocycles. The lowest BCUT2D eigenvalue weighted by Gasteiger charge is -2.16. The van der Waals surface area contributed by atoms with Gasteiger partial charge >= 0.3 is 0 Å². The van der Waals surface area contributed by atoms with E-state index in [4.69, 9.17) is 9.47 Å². The van der Waals surface area contributed by atoms with Crippen molar-refractivity contribution in [3.05, 3.63) is 53.6 Å². The third-order valence-electron chi connectivity index (χ3n) is 5.08. The van der Waals surface area contributed by atoms with E-state index in [2.05, 4.69) is 10.6 Å². The number of hydrogen-bond acceptors (Lipinski definition) is 4. The van der Waals surface area contributed by atoms with Gasteiger partial charge in [-0.05, 0) is 56.0 Å². The number of hydrogen-bond donors (Lipinski definition) is 2. The number of aryl methyl sites for hydroxylation is 1. The summed E-state index contributed by atoms with van der Waals surface area (Å²) < 4.78 is 10.5. The average molecular weight is 382 g/mol. The lowest BCUT2D eigenvalue weighted by molar-refractivity contribution is -0.134. The molecule has 2 amide bonds. The predicted molar refractivity (Wildman–Crippen MR) is 108 cm³/mol. The summed E-state index contributed by atoms with van der Waals surface area (Å²) in [6, 6.07) is 13.2. The van der Waals surface area contributed by atoms with Gasteiger partial charge in [0.25, 0.3) is 0 Å². The zero-order valence-electron chi connectivity index (χ0n) is 16.5. The predicted octanol–water partition coefficient (Wildman–Crippen LogP) is 3.09. The second kappa shape index (κ2) is 8.33. The molecule has 6 heteroatoms. The molecule has 148 valence electrons. The number of benzene rings is 2. The Morgan fingerprint density at radius 2 is 1.64 bits per heavy atom. The van der Waals surface area contributed by atoms with Gasteiger partial charge in [-0.15, -0.1) is 0 Å². The maximum Gasteiger partial charge on any atom is 0.240 e. The van der Waals surface area contributed by atoms with Crippen molar-refractivity contribution in [1.82, 2.24) is 5.32 Å². The lowest BCUT2D eigenvalue weighted by atomic mass is 10.0. The summed E-state index contributed by atoms with van der Waals surface area (Å²) >= 11 is 0. The molecule has 2 aromatic rings. The smallest absolute Gasteiger partial charge is 0.240 e. The zero-order chi connectivity index (χ0) is 20.1. The van der Waals surface area contributed by atoms with Gasteiger partial charge in [-0.1, -0.05) is 23.8 Å². The van der Waals surface area contributed by atoms with E-state index in [1.165, 1.54) is 0 Å². The van der Waals surface area contributed by atoms with Gasteiger partial charge in [0.1, 0.15) is 5.41 Å². The van der Waals surface area contributed by atoms with E-state index in [-0.39, 0.29) is 11.8 Å². The number of carbonyl (C=O) groups excluding carboxylic acids is 2. The Morgan fingerprint density at radius 3 is 2.25 bits per heavy atom. The van der Waals surface area contributed by atoms with Crippen molar-refractivity contribution < 1.29 is 19.1 Å². The summed E-state index contributed by atoms with van der Waals surface area (Å²) in [4.78, 5) is 25.2. The Hall–Kier alpha value is -3.02. The number of carbonyl (C=O) groups is 2. The van der Waals surface area contributed by atoms with Crippen LogP contribution in [0.3, 0.4) is 0 Å². The fraction of sp³-hybridized carbons (Fsp3) is 0.364. The molecule has 1 aliphatic carbocycles. The minimum atomic E-state index is -0.942. The molecule has 0 saturated heterocycles. The number of ether oxygens (including phenoxy) is 2. The number of methoxy groups -OCH3 is 2. The molecular formula is C22H26N2O4. The van der Waals surface area contributed by atoms with Crippen LogP contribution in [0.2, 0.25) is 0 Å². The first kappa shape index (κ1) is 19.7. The monoisotopic (exact) mass is 382 g/mol. The normalized spacial score (nSPS) is 14.1. The standard InChI is InChI=1S/C22H26N2O4/c1-15-4-7-17(8-5-15)24-21(26)22(11-12-22)20(25)23-13-10-16-6-9-18(27-2)19(14-16)28-3/h4-9,14H,10-13H2,1-3H3,(H,23,25)(H,24,26). The molecule has 3 rings (SSSR count). The van der Waals surface area contributed by atoms with Gasteiger partial charge in [0.15, 0.2) is 11.5 Å². The molecule has 1 fully saturated rings. The highest BCUT2D eigenvalue weighted by Gasteiger charge is 2.56. The van der Waals surface area contributed by atoms with E-state index >= 15 is 0 Å². The van der Waals surface area contributed by atoms with Gasteiger partial charge in [0.05, 0.1) is 14.2 Å². The molecule has 2 N–H and O–H groups in total. The molecule has 1 saturated carbocycles. The summed E-state index contributed by atoms with van der Waals surface area (Å²) in [6.45, 7) is 2.44. The Kier molecular flexibility index (Phi) is 5.87. The second-order valence-electron chi connectivity index (χ2n) is 7.10. The zero-order valence-corrected chi connectivity index (χ0v) is 16.5. The van der Waals surface area contributed by atoms with Gasteiger partial charge < -0.3 is 20.1 Å². The third kappa shape index (κ3) is 4.27. The van der Waals surface area contributed by atoms with E-state index in [1.54, 1.807) is 14.2 Å². The van der Waals surface area contributed by atoms with E-state index in [9.17, 15) is 9.59 Å². The molecule has 0 heterocycles. The maximum absolute atomic E-state index is 12.6. The van der Waals surface area contributed by atoms with Crippen LogP contribution in [0.1, 0.15) is 24.0 Å². The van der Waals surface area contributed by atoms with Crippen LogP contribution in [0.15, 0.2) is 42.5 Å². The molecule has 0 unspecified atom stereocenters. The summed E-state index contributed by atoms with van der Waals surface area (Å²) in [6.07, 6.45) is 1.79. The number of rotatable bonds is 8. The summed E-state index contributed by atoms with van der Waals surface area (Å²) in [7, 11) is 3.18. The van der Waals surface area contributed by atoms with Gasteiger partial charge in [-0.3, -0.25) is 9.59 Å². The number of nitrogens with one attached hydrogen (secondary N) is 2. The fourth-order valence-corrected chi connectivity index (χ4v) is 3.10. The minimum absolute atomic E-state index is 0.211. The lowest BCUT2D eigenvalue weighted by Crippen LogP contribution is -2.40. The largest absolute Gasteiger partial charge is 0.493 e. The molecule has 28 heavy (non-hydrogen) atoms. The quantitative estimate of drug-likeness (QED) is 0.688. The van der Waals surface area contributed by atoms with Crippen LogP contribution in [0.25, 0.3) is 0 Å². The van der Waals surface area contributed by atoms with Crippen molar-refractivity contribution in [2.75, 3.05) is 26.1 Å². The van der Waals surface area contributed by atoms with Gasteiger partial charge in [0, 0.05) is 12.2 Å². The van der Waals surface area contributed by atoms with Gasteiger partial charge in [-0.2, -0.15) is 0 Å². The molecule has 0 spiro atoms. The Labute approximate surface area is 165 Å². The molecular weight excluding hydrogens is 356 g/mol. The van der Waals surface area contributed by atoms with Crippen molar-refractivity contribution in [3.63, 3.8) is 0 Å². The molecule has 2 aromatic carbocycles. The Morgan fingerprint density at radius 1 is 0.964 bits per heavy atom. The summed E-state index contributed by atoms with van der Waals surface area (Å²) in [5, 5.41) is 5.76. The number of anilines is 1. The second-order valence-corrected chi connectivity index (χ2v) is 7.10. The van der Waals surface area contributed by atoms with Crippen molar-refractivity contribution >= 4 is 17.5 Å². The van der Waals surface area contributed by atoms with Crippen molar-refractivity contribution in [3.8, 4) is 11.5 Å². The molecule has 0 radical (unpaired) electrons. The van der Waals surface area contributed by atoms with Gasteiger partial charge in [0.2, 0.25) is 11.8 Å². The van der Waals surface area contributed by atoms with Crippen LogP contribution in [-0.4, -0.2) is 32.6 Å². The average Bonchev–Trinajstić information content (AvgIpc) is 3.51. The first-order valence-corrected chi connectivity index (χ1v) is 9.36. The summed E-state index contributed by atoms with van der Waals surface area (Å²) in [5.74, 6) is 0.875. The van der Waals surface area contributed by atoms with Crippen molar-refractivity contribution in [1.29, 1.82) is 0 Å². The van der Waals surface area contributed by atoms with E-state index < -0.39 is 5.41 Å². The third-order valence-corrected chi connectivity index (χ3v) is 5.08. The SMILES string of the molecule is COc1ccc(CCNC(=O)C2(C(=O)Nc3ccc(C)cc3)CC2)cc1OC.